The van der Waals surface area contributed by atoms with E-state index in [1.54, 1.807) is 5.56 Å². The first-order chi connectivity index (χ1) is 33.0. The summed E-state index contributed by atoms with van der Waals surface area (Å²) in [5, 5.41) is 2.23. The number of fused-ring (bicyclic) bond motifs is 16. The van der Waals surface area contributed by atoms with Crippen molar-refractivity contribution in [1.29, 1.82) is 0 Å². The average molecular weight is 863 g/mol. The highest BCUT2D eigenvalue weighted by molar-refractivity contribution is 6.11. The minimum atomic E-state index is -0.574. The fraction of sp³-hybridized carbons (Fsp3) is 0.156. The van der Waals surface area contributed by atoms with Crippen LogP contribution in [0.15, 0.2) is 211 Å². The summed E-state index contributed by atoms with van der Waals surface area (Å²) in [5.74, 6) is 1.36. The summed E-state index contributed by atoms with van der Waals surface area (Å²) in [4.78, 5) is 4.94. The second-order valence-electron chi connectivity index (χ2n) is 19.9. The fourth-order valence-corrected chi connectivity index (χ4v) is 13.5. The number of hydrogen-bond acceptors (Lipinski definition) is 3. The summed E-state index contributed by atoms with van der Waals surface area (Å²) < 4.78 is 6.81. The van der Waals surface area contributed by atoms with Gasteiger partial charge in [0.15, 0.2) is 5.58 Å². The molecule has 10 aromatic rings. The van der Waals surface area contributed by atoms with Crippen LogP contribution in [0, 0.1) is 5.92 Å². The molecule has 1 heterocycles. The Morgan fingerprint density at radius 3 is 1.82 bits per heavy atom. The van der Waals surface area contributed by atoms with Gasteiger partial charge in [-0.25, -0.2) is 0 Å². The molecule has 1 saturated carbocycles. The van der Waals surface area contributed by atoms with Crippen molar-refractivity contribution < 1.29 is 4.42 Å². The van der Waals surface area contributed by atoms with Crippen molar-refractivity contribution in [3.8, 4) is 22.3 Å². The van der Waals surface area contributed by atoms with Crippen molar-refractivity contribution in [3.63, 3.8) is 0 Å². The first-order valence-corrected chi connectivity index (χ1v) is 24.2. The van der Waals surface area contributed by atoms with Gasteiger partial charge < -0.3 is 14.2 Å². The van der Waals surface area contributed by atoms with Crippen LogP contribution in [0.5, 0.6) is 0 Å². The third-order valence-electron chi connectivity index (χ3n) is 16.3. The van der Waals surface area contributed by atoms with Gasteiger partial charge in [0.25, 0.3) is 0 Å². The lowest BCUT2D eigenvalue weighted by Gasteiger charge is -2.35. The van der Waals surface area contributed by atoms with E-state index in [0.717, 1.165) is 50.4 Å². The molecule has 3 nitrogen and oxygen atoms in total. The van der Waals surface area contributed by atoms with Gasteiger partial charge in [-0.05, 0) is 147 Å². The third-order valence-corrected chi connectivity index (χ3v) is 16.3. The maximum absolute atomic E-state index is 6.81. The van der Waals surface area contributed by atoms with Gasteiger partial charge in [-0.1, -0.05) is 166 Å². The second kappa shape index (κ2) is 14.4. The Hall–Kier alpha value is -7.62. The van der Waals surface area contributed by atoms with E-state index in [1.807, 2.05) is 0 Å². The van der Waals surface area contributed by atoms with Crippen LogP contribution < -0.4 is 9.80 Å². The van der Waals surface area contributed by atoms with E-state index in [2.05, 4.69) is 230 Å². The van der Waals surface area contributed by atoms with Gasteiger partial charge in [0.2, 0.25) is 0 Å². The van der Waals surface area contributed by atoms with Crippen molar-refractivity contribution in [3.05, 3.63) is 240 Å². The molecule has 3 heteroatoms. The van der Waals surface area contributed by atoms with Crippen molar-refractivity contribution in [2.45, 2.75) is 56.3 Å². The van der Waals surface area contributed by atoms with E-state index in [9.17, 15) is 0 Å². The zero-order chi connectivity index (χ0) is 44.4. The molecule has 14 rings (SSSR count). The van der Waals surface area contributed by atoms with E-state index >= 15 is 0 Å². The molecule has 0 aliphatic heterocycles. The summed E-state index contributed by atoms with van der Waals surface area (Å²) >= 11 is 0. The predicted molar refractivity (Wildman–Crippen MR) is 277 cm³/mol. The van der Waals surface area contributed by atoms with Crippen molar-refractivity contribution >= 4 is 56.1 Å². The number of rotatable bonds is 6. The van der Waals surface area contributed by atoms with Gasteiger partial charge in [0, 0.05) is 39.1 Å². The Kier molecular flexibility index (Phi) is 8.32. The molecule has 9 aromatic carbocycles. The van der Waals surface area contributed by atoms with Gasteiger partial charge >= 0.3 is 0 Å². The standard InChI is InChI=1S/C64H50N2O/c1-63(2)52-28-13-9-23-45(52)47-37-35-43(39-56(47)63)65(41-19-5-3-6-20-41)44-36-38-48-46-24-10-14-29-53(46)64(57(48)40-44)54-30-15-11-26-51(54)61-55(64)31-18-32-58(61)66(42-21-7-4-8-22-42)59-33-17-27-50-49-25-12-16-34-60(49)67-62(50)59/h3-8,10-12,14-22,24-27,29-40,45,52H,9,13,23,28H2,1-2H3. The normalized spacial score (nSPS) is 19.1. The zero-order valence-electron chi connectivity index (χ0n) is 37.9. The average Bonchev–Trinajstić information content (AvgIpc) is 4.07. The molecule has 322 valence electrons. The van der Waals surface area contributed by atoms with Crippen LogP contribution in [-0.2, 0) is 10.8 Å². The highest BCUT2D eigenvalue weighted by Crippen LogP contribution is 2.66. The molecule has 0 N–H and O–H groups in total. The molecular formula is C64H50N2O. The minimum Gasteiger partial charge on any atom is -0.454 e. The van der Waals surface area contributed by atoms with Gasteiger partial charge in [-0.2, -0.15) is 0 Å². The van der Waals surface area contributed by atoms with Crippen LogP contribution in [0.25, 0.3) is 44.2 Å². The Morgan fingerprint density at radius 2 is 1.01 bits per heavy atom. The van der Waals surface area contributed by atoms with E-state index in [4.69, 9.17) is 4.42 Å². The molecule has 0 radical (unpaired) electrons. The Labute approximate surface area is 392 Å². The van der Waals surface area contributed by atoms with Crippen LogP contribution >= 0.6 is 0 Å². The summed E-state index contributed by atoms with van der Waals surface area (Å²) in [7, 11) is 0. The molecular weight excluding hydrogens is 813 g/mol. The minimum absolute atomic E-state index is 0.126. The summed E-state index contributed by atoms with van der Waals surface area (Å²) in [5.41, 5.74) is 21.5. The van der Waals surface area contributed by atoms with Crippen LogP contribution in [0.1, 0.15) is 78.8 Å². The highest BCUT2D eigenvalue weighted by atomic mass is 16.3. The largest absolute Gasteiger partial charge is 0.454 e. The van der Waals surface area contributed by atoms with Gasteiger partial charge in [-0.3, -0.25) is 0 Å². The molecule has 0 bridgehead atoms. The van der Waals surface area contributed by atoms with Crippen molar-refractivity contribution in [2.24, 2.45) is 5.92 Å². The van der Waals surface area contributed by atoms with Gasteiger partial charge in [0.1, 0.15) is 5.58 Å². The lowest BCUT2D eigenvalue weighted by molar-refractivity contribution is 0.233. The van der Waals surface area contributed by atoms with E-state index in [-0.39, 0.29) is 5.41 Å². The number of hydrogen-bond donors (Lipinski definition) is 0. The number of para-hydroxylation sites is 4. The Bertz CT molecular complexity index is 3600. The first kappa shape index (κ1) is 38.6. The van der Waals surface area contributed by atoms with E-state index in [0.29, 0.717) is 11.8 Å². The molecule has 1 spiro atoms. The maximum Gasteiger partial charge on any atom is 0.159 e. The summed E-state index contributed by atoms with van der Waals surface area (Å²) in [6, 6.07) is 76.9. The predicted octanol–water partition coefficient (Wildman–Crippen LogP) is 17.4. The monoisotopic (exact) mass is 862 g/mol. The van der Waals surface area contributed by atoms with Crippen LogP contribution in [0.4, 0.5) is 34.1 Å². The van der Waals surface area contributed by atoms with Crippen molar-refractivity contribution in [2.75, 3.05) is 9.80 Å². The lowest BCUT2D eigenvalue weighted by atomic mass is 9.70. The molecule has 3 unspecified atom stereocenters. The maximum atomic E-state index is 6.81. The molecule has 1 fully saturated rings. The fourth-order valence-electron chi connectivity index (χ4n) is 13.5. The van der Waals surface area contributed by atoms with Crippen LogP contribution in [-0.4, -0.2) is 0 Å². The van der Waals surface area contributed by atoms with Crippen molar-refractivity contribution in [1.82, 2.24) is 0 Å². The first-order valence-electron chi connectivity index (χ1n) is 24.2. The molecule has 3 atom stereocenters. The molecule has 4 aliphatic carbocycles. The Morgan fingerprint density at radius 1 is 0.433 bits per heavy atom. The van der Waals surface area contributed by atoms with Gasteiger partial charge in [-0.15, -0.1) is 0 Å². The second-order valence-corrected chi connectivity index (χ2v) is 19.9. The molecule has 67 heavy (non-hydrogen) atoms. The quantitative estimate of drug-likeness (QED) is 0.166. The van der Waals surface area contributed by atoms with E-state index < -0.39 is 5.41 Å². The Balaban J connectivity index is 1.01. The smallest absolute Gasteiger partial charge is 0.159 e. The SMILES string of the molecule is CC1(C)c2cc(N(c3ccccc3)c3ccc4c(c3)C3(c5ccccc5-4)c4ccccc4-c4c(N(c5ccccc5)c5cccc6c5oc5ccccc56)cccc43)ccc2C2CCCCC21. The summed E-state index contributed by atoms with van der Waals surface area (Å²) in [6.07, 6.45) is 5.31. The third kappa shape index (κ3) is 5.34. The molecule has 0 saturated heterocycles. The number of furan rings is 1. The molecule has 4 aliphatic rings. The topological polar surface area (TPSA) is 19.6 Å². The summed E-state index contributed by atoms with van der Waals surface area (Å²) in [6.45, 7) is 5.02. The zero-order valence-corrected chi connectivity index (χ0v) is 37.9. The van der Waals surface area contributed by atoms with E-state index in [1.165, 1.54) is 81.4 Å². The van der Waals surface area contributed by atoms with Crippen LogP contribution in [0.2, 0.25) is 0 Å². The number of nitrogens with zero attached hydrogens (tertiary/aromatic N) is 2. The molecule has 0 amide bonds. The lowest BCUT2D eigenvalue weighted by Crippen LogP contribution is -2.28. The van der Waals surface area contributed by atoms with Gasteiger partial charge in [0.05, 0.1) is 16.8 Å². The molecule has 1 aromatic heterocycles. The van der Waals surface area contributed by atoms with Crippen LogP contribution in [0.3, 0.4) is 0 Å². The number of benzene rings is 9. The number of anilines is 6. The highest BCUT2D eigenvalue weighted by Gasteiger charge is 2.53.